The Bertz CT molecular complexity index is 1170. The second-order valence-corrected chi connectivity index (χ2v) is 6.57. The Morgan fingerprint density at radius 2 is 2.00 bits per heavy atom. The largest absolute Gasteiger partial charge is 0.394 e. The molecule has 0 aliphatic rings. The Hall–Kier alpha value is -3.79. The number of benzene rings is 1. The first-order valence-corrected chi connectivity index (χ1v) is 9.04. The first-order valence-electron chi connectivity index (χ1n) is 9.04. The number of carbonyl (C=O) groups excluding carboxylic acids is 1. The summed E-state index contributed by atoms with van der Waals surface area (Å²) >= 11 is 0. The zero-order valence-corrected chi connectivity index (χ0v) is 15.9. The van der Waals surface area contributed by atoms with Crippen molar-refractivity contribution >= 4 is 28.6 Å². The van der Waals surface area contributed by atoms with Crippen LogP contribution in [0.5, 0.6) is 0 Å². The van der Waals surface area contributed by atoms with Crippen LogP contribution >= 0.6 is 0 Å². The Kier molecular flexibility index (Phi) is 4.92. The molecule has 10 heteroatoms. The van der Waals surface area contributed by atoms with E-state index in [0.29, 0.717) is 23.2 Å². The van der Waals surface area contributed by atoms with Gasteiger partial charge in [0.15, 0.2) is 11.6 Å². The lowest BCUT2D eigenvalue weighted by molar-refractivity contribution is 0.239. The van der Waals surface area contributed by atoms with Crippen molar-refractivity contribution in [1.82, 2.24) is 29.5 Å². The van der Waals surface area contributed by atoms with E-state index >= 15 is 0 Å². The predicted octanol–water partition coefficient (Wildman–Crippen LogP) is 2.42. The van der Waals surface area contributed by atoms with Gasteiger partial charge in [0.2, 0.25) is 0 Å². The molecular weight excluding hydrogens is 372 g/mol. The number of aliphatic hydroxyl groups is 1. The molecule has 4 aromatic rings. The average molecular weight is 392 g/mol. The van der Waals surface area contributed by atoms with Gasteiger partial charge in [-0.2, -0.15) is 5.10 Å². The normalized spacial score (nSPS) is 12.1. The van der Waals surface area contributed by atoms with Gasteiger partial charge in [-0.15, -0.1) is 10.2 Å². The monoisotopic (exact) mass is 392 g/mol. The summed E-state index contributed by atoms with van der Waals surface area (Å²) in [6.07, 6.45) is 1.54. The summed E-state index contributed by atoms with van der Waals surface area (Å²) in [4.78, 5) is 16.9. The first kappa shape index (κ1) is 18.6. The molecule has 3 aromatic heterocycles. The number of nitrogens with zero attached hydrogens (tertiary/aromatic N) is 6. The van der Waals surface area contributed by atoms with Gasteiger partial charge in [-0.05, 0) is 31.2 Å². The van der Waals surface area contributed by atoms with E-state index in [4.69, 9.17) is 0 Å². The highest BCUT2D eigenvalue weighted by Crippen LogP contribution is 2.22. The second kappa shape index (κ2) is 7.68. The van der Waals surface area contributed by atoms with Gasteiger partial charge in [0.05, 0.1) is 18.2 Å². The number of aryl methyl sites for hydroxylation is 1. The lowest BCUT2D eigenvalue weighted by atomic mass is 10.2. The summed E-state index contributed by atoms with van der Waals surface area (Å²) in [6.45, 7) is 1.79. The first-order chi connectivity index (χ1) is 14.1. The van der Waals surface area contributed by atoms with Gasteiger partial charge in [0.25, 0.3) is 0 Å². The number of pyridine rings is 1. The number of para-hydroxylation sites is 1. The van der Waals surface area contributed by atoms with Gasteiger partial charge in [0, 0.05) is 12.4 Å². The minimum atomic E-state index is -0.455. The Labute approximate surface area is 166 Å². The van der Waals surface area contributed by atoms with Crippen molar-refractivity contribution in [1.29, 1.82) is 0 Å². The highest BCUT2D eigenvalue weighted by molar-refractivity contribution is 6.04. The molecule has 0 radical (unpaired) electrons. The SMILES string of the molecule is C[C@H](CO)n1cnnc1-c1cccc(NC(=O)Nc2nn(C)c3ccccc23)n1. The molecule has 4 rings (SSSR count). The van der Waals surface area contributed by atoms with Crippen LogP contribution in [0.2, 0.25) is 0 Å². The van der Waals surface area contributed by atoms with Crippen LogP contribution in [0.25, 0.3) is 22.4 Å². The maximum atomic E-state index is 12.5. The highest BCUT2D eigenvalue weighted by Gasteiger charge is 2.15. The van der Waals surface area contributed by atoms with Gasteiger partial charge in [-0.25, -0.2) is 9.78 Å². The van der Waals surface area contributed by atoms with Gasteiger partial charge in [0.1, 0.15) is 17.8 Å². The molecule has 1 aromatic carbocycles. The van der Waals surface area contributed by atoms with Gasteiger partial charge in [-0.1, -0.05) is 18.2 Å². The molecule has 0 aliphatic heterocycles. The number of hydrogen-bond donors (Lipinski definition) is 3. The summed E-state index contributed by atoms with van der Waals surface area (Å²) in [6, 6.07) is 12.2. The fraction of sp³-hybridized carbons (Fsp3) is 0.211. The number of hydrogen-bond acceptors (Lipinski definition) is 6. The van der Waals surface area contributed by atoms with E-state index in [2.05, 4.69) is 30.9 Å². The minimum absolute atomic E-state index is 0.0522. The molecule has 0 aliphatic carbocycles. The molecule has 0 unspecified atom stereocenters. The van der Waals surface area contributed by atoms with Crippen LogP contribution in [0.4, 0.5) is 16.4 Å². The topological polar surface area (TPSA) is 123 Å². The fourth-order valence-corrected chi connectivity index (χ4v) is 3.03. The number of anilines is 2. The smallest absolute Gasteiger partial charge is 0.326 e. The highest BCUT2D eigenvalue weighted by atomic mass is 16.3. The molecule has 148 valence electrons. The lowest BCUT2D eigenvalue weighted by Crippen LogP contribution is -2.20. The molecule has 3 N–H and O–H groups in total. The van der Waals surface area contributed by atoms with E-state index in [0.717, 1.165) is 10.9 Å². The quantitative estimate of drug-likeness (QED) is 0.479. The Balaban J connectivity index is 1.54. The van der Waals surface area contributed by atoms with Gasteiger partial charge >= 0.3 is 6.03 Å². The number of nitrogens with one attached hydrogen (secondary N) is 2. The van der Waals surface area contributed by atoms with Crippen molar-refractivity contribution in [3.8, 4) is 11.5 Å². The standard InChI is InChI=1S/C19H20N8O2/c1-12(10-28)27-11-20-24-18(27)14-7-5-9-16(21-14)22-19(29)23-17-13-6-3-4-8-15(13)26(2)25-17/h3-9,11-12,28H,10H2,1-2H3,(H2,21,22,23,25,29)/t12-/m1/s1. The van der Waals surface area contributed by atoms with Crippen LogP contribution in [0, 0.1) is 0 Å². The molecule has 10 nitrogen and oxygen atoms in total. The van der Waals surface area contributed by atoms with Crippen LogP contribution in [0.15, 0.2) is 48.8 Å². The van der Waals surface area contributed by atoms with Crippen LogP contribution < -0.4 is 10.6 Å². The number of urea groups is 1. The molecular formula is C19H20N8O2. The van der Waals surface area contributed by atoms with Crippen molar-refractivity contribution in [2.75, 3.05) is 17.2 Å². The van der Waals surface area contributed by atoms with E-state index in [1.807, 2.05) is 38.2 Å². The Morgan fingerprint density at radius 1 is 1.17 bits per heavy atom. The van der Waals surface area contributed by atoms with Crippen LogP contribution in [0.3, 0.4) is 0 Å². The summed E-state index contributed by atoms with van der Waals surface area (Å²) < 4.78 is 3.44. The van der Waals surface area contributed by atoms with Crippen molar-refractivity contribution in [2.24, 2.45) is 7.05 Å². The fourth-order valence-electron chi connectivity index (χ4n) is 3.03. The number of carbonyl (C=O) groups is 1. The third-order valence-corrected chi connectivity index (χ3v) is 4.52. The number of rotatable bonds is 5. The summed E-state index contributed by atoms with van der Waals surface area (Å²) in [7, 11) is 1.82. The molecule has 0 fully saturated rings. The van der Waals surface area contributed by atoms with Crippen molar-refractivity contribution in [2.45, 2.75) is 13.0 Å². The number of aliphatic hydroxyl groups excluding tert-OH is 1. The molecule has 0 saturated heterocycles. The molecule has 0 saturated carbocycles. The lowest BCUT2D eigenvalue weighted by Gasteiger charge is -2.12. The molecule has 29 heavy (non-hydrogen) atoms. The predicted molar refractivity (Wildman–Crippen MR) is 108 cm³/mol. The van der Waals surface area contributed by atoms with E-state index in [9.17, 15) is 9.90 Å². The average Bonchev–Trinajstić information content (AvgIpc) is 3.33. The van der Waals surface area contributed by atoms with E-state index in [1.165, 1.54) is 6.33 Å². The van der Waals surface area contributed by atoms with Crippen molar-refractivity contribution < 1.29 is 9.90 Å². The van der Waals surface area contributed by atoms with Crippen molar-refractivity contribution in [3.63, 3.8) is 0 Å². The molecule has 1 atom stereocenters. The maximum Gasteiger partial charge on any atom is 0.326 e. The number of aromatic nitrogens is 6. The minimum Gasteiger partial charge on any atom is -0.394 e. The number of amides is 2. The van der Waals surface area contributed by atoms with Crippen LogP contribution in [-0.4, -0.2) is 47.3 Å². The molecule has 3 heterocycles. The molecule has 0 bridgehead atoms. The second-order valence-electron chi connectivity index (χ2n) is 6.57. The van der Waals surface area contributed by atoms with Crippen LogP contribution in [0.1, 0.15) is 13.0 Å². The van der Waals surface area contributed by atoms with E-state index in [1.54, 1.807) is 27.4 Å². The van der Waals surface area contributed by atoms with E-state index < -0.39 is 6.03 Å². The van der Waals surface area contributed by atoms with Gasteiger partial charge in [-0.3, -0.25) is 15.3 Å². The maximum absolute atomic E-state index is 12.5. The van der Waals surface area contributed by atoms with E-state index in [-0.39, 0.29) is 12.6 Å². The summed E-state index contributed by atoms with van der Waals surface area (Å²) in [5.41, 5.74) is 1.45. The Morgan fingerprint density at radius 3 is 2.83 bits per heavy atom. The van der Waals surface area contributed by atoms with Crippen molar-refractivity contribution in [3.05, 3.63) is 48.8 Å². The third-order valence-electron chi connectivity index (χ3n) is 4.52. The zero-order valence-electron chi connectivity index (χ0n) is 15.9. The zero-order chi connectivity index (χ0) is 20.4. The third kappa shape index (κ3) is 3.65. The van der Waals surface area contributed by atoms with Gasteiger partial charge < -0.3 is 9.67 Å². The van der Waals surface area contributed by atoms with Crippen LogP contribution in [-0.2, 0) is 7.05 Å². The number of fused-ring (bicyclic) bond motifs is 1. The summed E-state index contributed by atoms with van der Waals surface area (Å²) in [5.74, 6) is 1.33. The molecule has 0 spiro atoms. The summed E-state index contributed by atoms with van der Waals surface area (Å²) in [5, 5.41) is 28.0. The molecule has 2 amide bonds.